The van der Waals surface area contributed by atoms with Crippen molar-refractivity contribution in [2.45, 2.75) is 19.9 Å². The van der Waals surface area contributed by atoms with Crippen molar-refractivity contribution in [1.29, 1.82) is 0 Å². The van der Waals surface area contributed by atoms with Gasteiger partial charge in [-0.1, -0.05) is 18.2 Å². The van der Waals surface area contributed by atoms with Gasteiger partial charge in [0.2, 0.25) is 0 Å². The quantitative estimate of drug-likeness (QED) is 0.837. The first kappa shape index (κ1) is 12.9. The van der Waals surface area contributed by atoms with Gasteiger partial charge in [0.1, 0.15) is 12.1 Å². The van der Waals surface area contributed by atoms with Crippen molar-refractivity contribution in [1.82, 2.24) is 9.97 Å². The molecule has 3 rings (SSSR count). The summed E-state index contributed by atoms with van der Waals surface area (Å²) in [5.74, 6) is 1.02. The molecule has 0 spiro atoms. The molecule has 1 aromatic heterocycles. The van der Waals surface area contributed by atoms with E-state index in [0.29, 0.717) is 6.04 Å². The van der Waals surface area contributed by atoms with Crippen molar-refractivity contribution >= 4 is 11.5 Å². The molecule has 1 aromatic carbocycles. The number of hydrogen-bond acceptors (Lipinski definition) is 4. The van der Waals surface area contributed by atoms with Crippen LogP contribution in [-0.2, 0) is 0 Å². The second-order valence-electron chi connectivity index (χ2n) is 5.34. The Balaban J connectivity index is 1.76. The molecule has 1 saturated heterocycles. The van der Waals surface area contributed by atoms with E-state index in [0.717, 1.165) is 25.5 Å². The van der Waals surface area contributed by atoms with Crippen LogP contribution in [0, 0.1) is 6.92 Å². The number of piperazine rings is 1. The molecule has 1 fully saturated rings. The number of nitrogens with zero attached hydrogens (tertiary/aromatic N) is 4. The third-order valence-corrected chi connectivity index (χ3v) is 3.94. The van der Waals surface area contributed by atoms with Gasteiger partial charge < -0.3 is 9.80 Å². The summed E-state index contributed by atoms with van der Waals surface area (Å²) in [6.45, 7) is 7.48. The maximum atomic E-state index is 4.36. The van der Waals surface area contributed by atoms with Gasteiger partial charge in [-0.05, 0) is 31.5 Å². The lowest BCUT2D eigenvalue weighted by Crippen LogP contribution is -2.52. The summed E-state index contributed by atoms with van der Waals surface area (Å²) in [5, 5.41) is 0. The molecule has 20 heavy (non-hydrogen) atoms. The predicted octanol–water partition coefficient (Wildman–Crippen LogP) is 2.50. The molecule has 0 radical (unpaired) electrons. The molecule has 1 aliphatic rings. The summed E-state index contributed by atoms with van der Waals surface area (Å²) < 4.78 is 0. The molecule has 0 amide bonds. The minimum absolute atomic E-state index is 0.443. The van der Waals surface area contributed by atoms with Crippen molar-refractivity contribution in [3.05, 3.63) is 48.4 Å². The van der Waals surface area contributed by atoms with E-state index in [1.165, 1.54) is 11.3 Å². The average Bonchev–Trinajstić information content (AvgIpc) is 2.48. The van der Waals surface area contributed by atoms with Gasteiger partial charge in [0, 0.05) is 37.6 Å². The lowest BCUT2D eigenvalue weighted by molar-refractivity contribution is 0.545. The Labute approximate surface area is 120 Å². The van der Waals surface area contributed by atoms with E-state index in [2.05, 4.69) is 57.9 Å². The van der Waals surface area contributed by atoms with Crippen LogP contribution >= 0.6 is 0 Å². The number of rotatable bonds is 2. The molecule has 2 aromatic rings. The minimum Gasteiger partial charge on any atom is -0.367 e. The number of hydrogen-bond donors (Lipinski definition) is 0. The summed E-state index contributed by atoms with van der Waals surface area (Å²) in [6, 6.07) is 11.0. The summed E-state index contributed by atoms with van der Waals surface area (Å²) in [4.78, 5) is 13.2. The lowest BCUT2D eigenvalue weighted by Gasteiger charge is -2.42. The Morgan fingerprint density at radius 3 is 2.70 bits per heavy atom. The standard InChI is InChI=1S/C16H20N4/c1-13-5-3-4-6-15(13)19-9-10-20(14(2)11-19)16-7-8-17-12-18-16/h3-8,12,14H,9-11H2,1-2H3/t14-/m1/s1. The lowest BCUT2D eigenvalue weighted by atomic mass is 10.1. The normalized spacial score (nSPS) is 19.2. The first-order valence-corrected chi connectivity index (χ1v) is 7.09. The van der Waals surface area contributed by atoms with Gasteiger partial charge in [-0.3, -0.25) is 0 Å². The molecule has 0 unspecified atom stereocenters. The van der Waals surface area contributed by atoms with Crippen molar-refractivity contribution in [3.63, 3.8) is 0 Å². The number of aryl methyl sites for hydroxylation is 1. The highest BCUT2D eigenvalue weighted by Crippen LogP contribution is 2.24. The molecule has 0 aliphatic carbocycles. The van der Waals surface area contributed by atoms with E-state index in [1.54, 1.807) is 6.33 Å². The Bertz CT molecular complexity index is 570. The second-order valence-corrected chi connectivity index (χ2v) is 5.34. The third-order valence-electron chi connectivity index (χ3n) is 3.94. The fraction of sp³-hybridized carbons (Fsp3) is 0.375. The molecule has 0 saturated carbocycles. The highest BCUT2D eigenvalue weighted by atomic mass is 15.3. The maximum Gasteiger partial charge on any atom is 0.132 e. The minimum atomic E-state index is 0.443. The molecule has 0 N–H and O–H groups in total. The molecule has 2 heterocycles. The highest BCUT2D eigenvalue weighted by Gasteiger charge is 2.25. The Kier molecular flexibility index (Phi) is 3.54. The van der Waals surface area contributed by atoms with Crippen LogP contribution < -0.4 is 9.80 Å². The number of para-hydroxylation sites is 1. The first-order chi connectivity index (χ1) is 9.75. The molecule has 1 aliphatic heterocycles. The summed E-state index contributed by atoms with van der Waals surface area (Å²) >= 11 is 0. The van der Waals surface area contributed by atoms with Crippen LogP contribution in [0.2, 0.25) is 0 Å². The number of anilines is 2. The zero-order valence-electron chi connectivity index (χ0n) is 12.0. The molecule has 4 heteroatoms. The van der Waals surface area contributed by atoms with E-state index in [1.807, 2.05) is 12.3 Å². The Morgan fingerprint density at radius 1 is 1.15 bits per heavy atom. The first-order valence-electron chi connectivity index (χ1n) is 7.09. The molecule has 1 atom stereocenters. The molecule has 0 bridgehead atoms. The van der Waals surface area contributed by atoms with E-state index < -0.39 is 0 Å². The van der Waals surface area contributed by atoms with E-state index in [-0.39, 0.29) is 0 Å². The molecule has 4 nitrogen and oxygen atoms in total. The SMILES string of the molecule is Cc1ccccc1N1CCN(c2ccncn2)[C@H](C)C1. The van der Waals surface area contributed by atoms with Crippen molar-refractivity contribution < 1.29 is 0 Å². The highest BCUT2D eigenvalue weighted by molar-refractivity contribution is 5.55. The topological polar surface area (TPSA) is 32.3 Å². The van der Waals surface area contributed by atoms with Gasteiger partial charge in [-0.15, -0.1) is 0 Å². The van der Waals surface area contributed by atoms with Crippen molar-refractivity contribution in [2.24, 2.45) is 0 Å². The zero-order chi connectivity index (χ0) is 13.9. The van der Waals surface area contributed by atoms with Gasteiger partial charge in [0.05, 0.1) is 0 Å². The Hall–Kier alpha value is -2.10. The Morgan fingerprint density at radius 2 is 2.00 bits per heavy atom. The second kappa shape index (κ2) is 5.49. The van der Waals surface area contributed by atoms with E-state index >= 15 is 0 Å². The summed E-state index contributed by atoms with van der Waals surface area (Å²) in [5.41, 5.74) is 2.69. The summed E-state index contributed by atoms with van der Waals surface area (Å²) in [6.07, 6.45) is 3.43. The summed E-state index contributed by atoms with van der Waals surface area (Å²) in [7, 11) is 0. The average molecular weight is 268 g/mol. The fourth-order valence-electron chi connectivity index (χ4n) is 2.89. The molecule has 104 valence electrons. The van der Waals surface area contributed by atoms with Crippen LogP contribution in [0.3, 0.4) is 0 Å². The van der Waals surface area contributed by atoms with Crippen LogP contribution in [0.4, 0.5) is 11.5 Å². The van der Waals surface area contributed by atoms with Crippen molar-refractivity contribution in [3.8, 4) is 0 Å². The maximum absolute atomic E-state index is 4.36. The van der Waals surface area contributed by atoms with Gasteiger partial charge in [0.25, 0.3) is 0 Å². The van der Waals surface area contributed by atoms with E-state index in [4.69, 9.17) is 0 Å². The van der Waals surface area contributed by atoms with Crippen LogP contribution in [-0.4, -0.2) is 35.6 Å². The van der Waals surface area contributed by atoms with Crippen molar-refractivity contribution in [2.75, 3.05) is 29.4 Å². The molecular weight excluding hydrogens is 248 g/mol. The van der Waals surface area contributed by atoms with Gasteiger partial charge in [-0.2, -0.15) is 0 Å². The third kappa shape index (κ3) is 2.46. The monoisotopic (exact) mass is 268 g/mol. The smallest absolute Gasteiger partial charge is 0.132 e. The van der Waals surface area contributed by atoms with Crippen LogP contribution in [0.1, 0.15) is 12.5 Å². The largest absolute Gasteiger partial charge is 0.367 e. The number of benzene rings is 1. The van der Waals surface area contributed by atoms with Gasteiger partial charge in [-0.25, -0.2) is 9.97 Å². The zero-order valence-corrected chi connectivity index (χ0v) is 12.0. The van der Waals surface area contributed by atoms with Crippen LogP contribution in [0.5, 0.6) is 0 Å². The van der Waals surface area contributed by atoms with Gasteiger partial charge in [0.15, 0.2) is 0 Å². The van der Waals surface area contributed by atoms with Crippen LogP contribution in [0.15, 0.2) is 42.9 Å². The predicted molar refractivity (Wildman–Crippen MR) is 82.2 cm³/mol. The fourth-order valence-corrected chi connectivity index (χ4v) is 2.89. The number of aromatic nitrogens is 2. The van der Waals surface area contributed by atoms with E-state index in [9.17, 15) is 0 Å². The van der Waals surface area contributed by atoms with Crippen LogP contribution in [0.25, 0.3) is 0 Å². The van der Waals surface area contributed by atoms with Gasteiger partial charge >= 0.3 is 0 Å². The molecular formula is C16H20N4.